The van der Waals surface area contributed by atoms with Crippen molar-refractivity contribution in [3.63, 3.8) is 0 Å². The molecule has 150 valence electrons. The third-order valence-electron chi connectivity index (χ3n) is 6.67. The highest BCUT2D eigenvalue weighted by Gasteiger charge is 2.56. The van der Waals surface area contributed by atoms with Gasteiger partial charge in [0.1, 0.15) is 22.7 Å². The van der Waals surface area contributed by atoms with Crippen molar-refractivity contribution in [2.75, 3.05) is 7.11 Å². The maximum atomic E-state index is 12.9. The van der Waals surface area contributed by atoms with E-state index in [0.29, 0.717) is 35.3 Å². The molecule has 5 nitrogen and oxygen atoms in total. The molecular formula is C23H28O5. The van der Waals surface area contributed by atoms with Gasteiger partial charge in [-0.25, -0.2) is 4.79 Å². The smallest absolute Gasteiger partial charge is 0.345 e. The van der Waals surface area contributed by atoms with Gasteiger partial charge in [0.15, 0.2) is 0 Å². The van der Waals surface area contributed by atoms with Gasteiger partial charge in [0.05, 0.1) is 12.2 Å². The number of ether oxygens (including phenoxy) is 2. The summed E-state index contributed by atoms with van der Waals surface area (Å²) < 4.78 is 17.8. The average molecular weight is 384 g/mol. The zero-order chi connectivity index (χ0) is 20.1. The monoisotopic (exact) mass is 384 g/mol. The summed E-state index contributed by atoms with van der Waals surface area (Å²) >= 11 is 0. The topological polar surface area (TPSA) is 68.9 Å². The van der Waals surface area contributed by atoms with Gasteiger partial charge in [-0.2, -0.15) is 0 Å². The van der Waals surface area contributed by atoms with Crippen molar-refractivity contribution in [3.05, 3.63) is 52.4 Å². The molecule has 2 heterocycles. The van der Waals surface area contributed by atoms with Gasteiger partial charge in [-0.3, -0.25) is 0 Å². The Morgan fingerprint density at radius 1 is 1.21 bits per heavy atom. The zero-order valence-corrected chi connectivity index (χ0v) is 16.8. The van der Waals surface area contributed by atoms with Crippen LogP contribution in [0.5, 0.6) is 5.75 Å². The molecule has 1 aliphatic carbocycles. The van der Waals surface area contributed by atoms with Gasteiger partial charge in [0.25, 0.3) is 0 Å². The van der Waals surface area contributed by atoms with Crippen LogP contribution < -0.4 is 10.4 Å². The number of hydrogen-bond acceptors (Lipinski definition) is 5. The first kappa shape index (κ1) is 19.2. The van der Waals surface area contributed by atoms with Crippen LogP contribution in [-0.2, 0) is 4.74 Å². The van der Waals surface area contributed by atoms with Crippen molar-refractivity contribution in [1.29, 1.82) is 0 Å². The number of methoxy groups -OCH3 is 1. The van der Waals surface area contributed by atoms with Crippen molar-refractivity contribution < 1.29 is 19.0 Å². The third-order valence-corrected chi connectivity index (χ3v) is 6.67. The summed E-state index contributed by atoms with van der Waals surface area (Å²) in [6.45, 7) is 6.27. The van der Waals surface area contributed by atoms with Crippen LogP contribution in [0.15, 0.2) is 45.6 Å². The van der Waals surface area contributed by atoms with Gasteiger partial charge >= 0.3 is 5.63 Å². The summed E-state index contributed by atoms with van der Waals surface area (Å²) in [6, 6.07) is 11.2. The van der Waals surface area contributed by atoms with Crippen LogP contribution in [0, 0.1) is 17.8 Å². The Morgan fingerprint density at radius 2 is 1.93 bits per heavy atom. The van der Waals surface area contributed by atoms with E-state index in [1.54, 1.807) is 13.2 Å². The Bertz CT molecular complexity index is 903. The number of hydrogen-bond donors (Lipinski definition) is 1. The van der Waals surface area contributed by atoms with Gasteiger partial charge < -0.3 is 19.0 Å². The summed E-state index contributed by atoms with van der Waals surface area (Å²) in [4.78, 5) is 12.9. The van der Waals surface area contributed by atoms with E-state index in [1.807, 2.05) is 37.3 Å². The standard InChI is InChI=1S/C23H28O5/c1-13(2)15-10-16-21(26-4)20-18(28-23(16,3)19(24)11-15)12-17(27-22(20)25)14-8-6-5-7-9-14/h5-9,12-13,15-16,19,21,24H,10-11H2,1-4H3/t15-,16-,19-,21-,23-/m0/s1. The molecular weight excluding hydrogens is 356 g/mol. The van der Waals surface area contributed by atoms with E-state index < -0.39 is 23.4 Å². The molecule has 1 aromatic heterocycles. The summed E-state index contributed by atoms with van der Waals surface area (Å²) in [5.74, 6) is 1.57. The minimum atomic E-state index is -0.805. The van der Waals surface area contributed by atoms with Gasteiger partial charge in [-0.05, 0) is 31.6 Å². The maximum absolute atomic E-state index is 12.9. The minimum Gasteiger partial charge on any atom is -0.484 e. The lowest BCUT2D eigenvalue weighted by Gasteiger charge is -2.53. The molecule has 0 saturated heterocycles. The first-order valence-corrected chi connectivity index (χ1v) is 9.98. The van der Waals surface area contributed by atoms with E-state index in [4.69, 9.17) is 13.9 Å². The van der Waals surface area contributed by atoms with Crippen molar-refractivity contribution in [2.45, 2.75) is 51.4 Å². The molecule has 4 rings (SSSR count). The van der Waals surface area contributed by atoms with Crippen LogP contribution in [-0.4, -0.2) is 23.9 Å². The molecule has 0 amide bonds. The highest BCUT2D eigenvalue weighted by atomic mass is 16.5. The second-order valence-corrected chi connectivity index (χ2v) is 8.58. The van der Waals surface area contributed by atoms with E-state index >= 15 is 0 Å². The summed E-state index contributed by atoms with van der Waals surface area (Å²) in [5, 5.41) is 11.0. The van der Waals surface area contributed by atoms with E-state index in [2.05, 4.69) is 13.8 Å². The maximum Gasteiger partial charge on any atom is 0.345 e. The molecule has 5 heteroatoms. The molecule has 1 N–H and O–H groups in total. The highest BCUT2D eigenvalue weighted by molar-refractivity contribution is 5.59. The van der Waals surface area contributed by atoms with E-state index in [-0.39, 0.29) is 5.92 Å². The second kappa shape index (κ2) is 7.05. The van der Waals surface area contributed by atoms with Gasteiger partial charge in [-0.15, -0.1) is 0 Å². The fourth-order valence-corrected chi connectivity index (χ4v) is 4.82. The largest absolute Gasteiger partial charge is 0.484 e. The molecule has 0 unspecified atom stereocenters. The Morgan fingerprint density at radius 3 is 2.57 bits per heavy atom. The Balaban J connectivity index is 1.82. The fourth-order valence-electron chi connectivity index (χ4n) is 4.82. The quantitative estimate of drug-likeness (QED) is 0.859. The predicted molar refractivity (Wildman–Crippen MR) is 106 cm³/mol. The lowest BCUT2D eigenvalue weighted by molar-refractivity contribution is -0.174. The van der Waals surface area contributed by atoms with Crippen molar-refractivity contribution in [3.8, 4) is 17.1 Å². The van der Waals surface area contributed by atoms with Crippen LogP contribution in [0.25, 0.3) is 11.3 Å². The molecule has 0 spiro atoms. The molecule has 2 aliphatic rings. The van der Waals surface area contributed by atoms with Gasteiger partial charge in [0.2, 0.25) is 0 Å². The number of aliphatic hydroxyl groups excluding tert-OH is 1. The molecule has 0 radical (unpaired) electrons. The highest BCUT2D eigenvalue weighted by Crippen LogP contribution is 2.53. The number of rotatable bonds is 3. The first-order valence-electron chi connectivity index (χ1n) is 9.98. The zero-order valence-electron chi connectivity index (χ0n) is 16.8. The Kier molecular flexibility index (Phi) is 4.84. The van der Waals surface area contributed by atoms with Crippen molar-refractivity contribution in [1.82, 2.24) is 0 Å². The van der Waals surface area contributed by atoms with E-state index in [0.717, 1.165) is 12.0 Å². The number of benzene rings is 1. The molecule has 2 aromatic rings. The molecule has 1 fully saturated rings. The van der Waals surface area contributed by atoms with Crippen LogP contribution in [0.4, 0.5) is 0 Å². The predicted octanol–water partition coefficient (Wildman–Crippen LogP) is 4.19. The van der Waals surface area contributed by atoms with E-state index in [1.165, 1.54) is 0 Å². The second-order valence-electron chi connectivity index (χ2n) is 8.58. The van der Waals surface area contributed by atoms with Crippen LogP contribution in [0.2, 0.25) is 0 Å². The van der Waals surface area contributed by atoms with Crippen molar-refractivity contribution in [2.24, 2.45) is 17.8 Å². The van der Waals surface area contributed by atoms with Crippen LogP contribution in [0.3, 0.4) is 0 Å². The lowest BCUT2D eigenvalue weighted by atomic mass is 9.63. The molecule has 1 aromatic carbocycles. The summed E-state index contributed by atoms with van der Waals surface area (Å²) in [5.41, 5.74) is -0.0233. The van der Waals surface area contributed by atoms with Crippen LogP contribution in [0.1, 0.15) is 45.3 Å². The fraction of sp³-hybridized carbons (Fsp3) is 0.522. The minimum absolute atomic E-state index is 0.119. The third kappa shape index (κ3) is 2.97. The van der Waals surface area contributed by atoms with Gasteiger partial charge in [0, 0.05) is 24.7 Å². The molecule has 5 atom stereocenters. The van der Waals surface area contributed by atoms with Crippen LogP contribution >= 0.6 is 0 Å². The van der Waals surface area contributed by atoms with Gasteiger partial charge in [-0.1, -0.05) is 44.2 Å². The molecule has 1 saturated carbocycles. The normalized spacial score (nSPS) is 31.8. The lowest BCUT2D eigenvalue weighted by Crippen LogP contribution is -2.60. The molecule has 0 bridgehead atoms. The summed E-state index contributed by atoms with van der Waals surface area (Å²) in [7, 11) is 1.61. The average Bonchev–Trinajstić information content (AvgIpc) is 2.67. The summed E-state index contributed by atoms with van der Waals surface area (Å²) in [6.07, 6.45) is 0.426. The van der Waals surface area contributed by atoms with Crippen molar-refractivity contribution >= 4 is 0 Å². The Labute approximate surface area is 165 Å². The molecule has 28 heavy (non-hydrogen) atoms. The molecule has 1 aliphatic heterocycles. The first-order chi connectivity index (χ1) is 13.3. The number of aliphatic hydroxyl groups is 1. The Hall–Kier alpha value is -2.11. The van der Waals surface area contributed by atoms with E-state index in [9.17, 15) is 9.90 Å². The SMILES string of the molecule is CO[C@@H]1c2c(cc(-c3ccccc3)oc2=O)O[C@]2(C)[C@@H](O)C[C@@H](C(C)C)C[C@@H]12. The number of fused-ring (bicyclic) bond motifs is 2.